The van der Waals surface area contributed by atoms with E-state index < -0.39 is 0 Å². The molecule has 0 atom stereocenters. The van der Waals surface area contributed by atoms with Gasteiger partial charge in [-0.05, 0) is 67.4 Å². The second-order valence-electron chi connectivity index (χ2n) is 6.82. The van der Waals surface area contributed by atoms with Crippen molar-refractivity contribution < 1.29 is 13.9 Å². The summed E-state index contributed by atoms with van der Waals surface area (Å²) in [5.41, 5.74) is 5.34. The third-order valence-corrected chi connectivity index (χ3v) is 4.92. The van der Waals surface area contributed by atoms with Gasteiger partial charge in [0.15, 0.2) is 5.58 Å². The van der Waals surface area contributed by atoms with E-state index in [1.807, 2.05) is 50.2 Å². The second kappa shape index (κ2) is 7.60. The summed E-state index contributed by atoms with van der Waals surface area (Å²) in [6.07, 6.45) is 0. The van der Waals surface area contributed by atoms with Gasteiger partial charge in [-0.3, -0.25) is 4.79 Å². The summed E-state index contributed by atoms with van der Waals surface area (Å²) in [7, 11) is 1.51. The number of nitrogens with zero attached hydrogens (tertiary/aromatic N) is 1. The van der Waals surface area contributed by atoms with E-state index in [0.29, 0.717) is 27.9 Å². The maximum Gasteiger partial charge on any atom is 0.259 e. The zero-order valence-electron chi connectivity index (χ0n) is 16.2. The Kier molecular flexibility index (Phi) is 4.99. The van der Waals surface area contributed by atoms with Crippen LogP contribution in [0.15, 0.2) is 59.0 Å². The average Bonchev–Trinajstić information content (AvgIpc) is 3.12. The molecule has 0 unspecified atom stereocenters. The molecule has 1 amide bonds. The molecule has 0 aliphatic heterocycles. The van der Waals surface area contributed by atoms with Crippen molar-refractivity contribution in [3.05, 3.63) is 76.3 Å². The van der Waals surface area contributed by atoms with E-state index in [1.165, 1.54) is 7.11 Å². The molecular formula is C23H19ClN2O3. The molecule has 29 heavy (non-hydrogen) atoms. The highest BCUT2D eigenvalue weighted by molar-refractivity contribution is 6.31. The topological polar surface area (TPSA) is 64.4 Å². The number of halogens is 1. The highest BCUT2D eigenvalue weighted by Gasteiger charge is 2.16. The first-order valence-corrected chi connectivity index (χ1v) is 9.45. The van der Waals surface area contributed by atoms with Crippen LogP contribution in [0.2, 0.25) is 5.02 Å². The SMILES string of the molecule is COc1ccc(Cl)cc1C(=O)Nc1cc(-c2nc3ccc(C)cc3o2)ccc1C. The Hall–Kier alpha value is -3.31. The number of carbonyl (C=O) groups is 1. The Balaban J connectivity index is 1.68. The number of carbonyl (C=O) groups excluding carboxylic acids is 1. The van der Waals surface area contributed by atoms with Crippen molar-refractivity contribution in [1.82, 2.24) is 4.98 Å². The summed E-state index contributed by atoms with van der Waals surface area (Å²) >= 11 is 6.05. The van der Waals surface area contributed by atoms with E-state index in [4.69, 9.17) is 20.8 Å². The Morgan fingerprint density at radius 3 is 2.69 bits per heavy atom. The lowest BCUT2D eigenvalue weighted by Crippen LogP contribution is -2.14. The summed E-state index contributed by atoms with van der Waals surface area (Å²) in [5, 5.41) is 3.40. The first-order chi connectivity index (χ1) is 13.9. The molecular weight excluding hydrogens is 388 g/mol. The number of methoxy groups -OCH3 is 1. The standard InChI is InChI=1S/C23H19ClN2O3/c1-13-4-8-18-21(10-13)29-23(26-18)15-6-5-14(2)19(11-15)25-22(27)17-12-16(24)7-9-20(17)28-3/h4-12H,1-3H3,(H,25,27). The summed E-state index contributed by atoms with van der Waals surface area (Å²) in [4.78, 5) is 17.4. The average molecular weight is 407 g/mol. The lowest BCUT2D eigenvalue weighted by Gasteiger charge is -2.12. The molecule has 0 radical (unpaired) electrons. The van der Waals surface area contributed by atoms with Crippen LogP contribution >= 0.6 is 11.6 Å². The molecule has 0 fully saturated rings. The minimum Gasteiger partial charge on any atom is -0.496 e. The molecule has 0 saturated heterocycles. The van der Waals surface area contributed by atoms with Crippen LogP contribution in [0.5, 0.6) is 5.75 Å². The van der Waals surface area contributed by atoms with Gasteiger partial charge in [-0.1, -0.05) is 23.7 Å². The summed E-state index contributed by atoms with van der Waals surface area (Å²) in [6, 6.07) is 16.5. The number of oxazole rings is 1. The number of ether oxygens (including phenoxy) is 1. The minimum atomic E-state index is -0.308. The predicted molar refractivity (Wildman–Crippen MR) is 115 cm³/mol. The number of aryl methyl sites for hydroxylation is 2. The van der Waals surface area contributed by atoms with E-state index in [0.717, 1.165) is 27.8 Å². The fourth-order valence-corrected chi connectivity index (χ4v) is 3.26. The van der Waals surface area contributed by atoms with Crippen molar-refractivity contribution >= 4 is 34.3 Å². The summed E-state index contributed by atoms with van der Waals surface area (Å²) in [6.45, 7) is 3.93. The molecule has 6 heteroatoms. The molecule has 146 valence electrons. The monoisotopic (exact) mass is 406 g/mol. The van der Waals surface area contributed by atoms with Crippen LogP contribution < -0.4 is 10.1 Å². The highest BCUT2D eigenvalue weighted by Crippen LogP contribution is 2.29. The van der Waals surface area contributed by atoms with Crippen LogP contribution in [0.25, 0.3) is 22.6 Å². The van der Waals surface area contributed by atoms with Gasteiger partial charge in [-0.15, -0.1) is 0 Å². The zero-order chi connectivity index (χ0) is 20.5. The Labute approximate surface area is 173 Å². The predicted octanol–water partition coefficient (Wildman–Crippen LogP) is 6.03. The van der Waals surface area contributed by atoms with E-state index in [1.54, 1.807) is 18.2 Å². The van der Waals surface area contributed by atoms with Crippen molar-refractivity contribution in [3.63, 3.8) is 0 Å². The number of aromatic nitrogens is 1. The zero-order valence-corrected chi connectivity index (χ0v) is 17.0. The van der Waals surface area contributed by atoms with Crippen molar-refractivity contribution in [1.29, 1.82) is 0 Å². The Bertz CT molecular complexity index is 1230. The molecule has 5 nitrogen and oxygen atoms in total. The quantitative estimate of drug-likeness (QED) is 0.449. The number of rotatable bonds is 4. The minimum absolute atomic E-state index is 0.308. The molecule has 1 N–H and O–H groups in total. The third kappa shape index (κ3) is 3.82. The van der Waals surface area contributed by atoms with E-state index in [2.05, 4.69) is 10.3 Å². The lowest BCUT2D eigenvalue weighted by atomic mass is 10.1. The Morgan fingerprint density at radius 1 is 1.07 bits per heavy atom. The van der Waals surface area contributed by atoms with Crippen molar-refractivity contribution in [3.8, 4) is 17.2 Å². The van der Waals surface area contributed by atoms with Crippen LogP contribution in [0, 0.1) is 13.8 Å². The number of hydrogen-bond donors (Lipinski definition) is 1. The number of fused-ring (bicyclic) bond motifs is 1. The molecule has 4 aromatic rings. The highest BCUT2D eigenvalue weighted by atomic mass is 35.5. The third-order valence-electron chi connectivity index (χ3n) is 4.68. The van der Waals surface area contributed by atoms with Gasteiger partial charge in [-0.25, -0.2) is 4.98 Å². The molecule has 0 aliphatic carbocycles. The molecule has 4 rings (SSSR count). The molecule has 0 aliphatic rings. The summed E-state index contributed by atoms with van der Waals surface area (Å²) < 4.78 is 11.2. The van der Waals surface area contributed by atoms with E-state index in [9.17, 15) is 4.79 Å². The van der Waals surface area contributed by atoms with Gasteiger partial charge in [0.25, 0.3) is 5.91 Å². The first kappa shape index (κ1) is 19.0. The summed E-state index contributed by atoms with van der Waals surface area (Å²) in [5.74, 6) is 0.647. The van der Waals surface area contributed by atoms with Crippen LogP contribution in [0.1, 0.15) is 21.5 Å². The second-order valence-corrected chi connectivity index (χ2v) is 7.26. The van der Waals surface area contributed by atoms with Crippen molar-refractivity contribution in [2.45, 2.75) is 13.8 Å². The number of benzene rings is 3. The van der Waals surface area contributed by atoms with Gasteiger partial charge in [0, 0.05) is 16.3 Å². The fourth-order valence-electron chi connectivity index (χ4n) is 3.09. The van der Waals surface area contributed by atoms with Crippen molar-refractivity contribution in [2.24, 2.45) is 0 Å². The van der Waals surface area contributed by atoms with Gasteiger partial charge in [0.05, 0.1) is 12.7 Å². The van der Waals surface area contributed by atoms with E-state index in [-0.39, 0.29) is 5.91 Å². The van der Waals surface area contributed by atoms with Gasteiger partial charge in [0.1, 0.15) is 11.3 Å². The van der Waals surface area contributed by atoms with Crippen molar-refractivity contribution in [2.75, 3.05) is 12.4 Å². The lowest BCUT2D eigenvalue weighted by molar-refractivity contribution is 0.102. The number of hydrogen-bond acceptors (Lipinski definition) is 4. The molecule has 3 aromatic carbocycles. The number of anilines is 1. The van der Waals surface area contributed by atoms with Gasteiger partial charge >= 0.3 is 0 Å². The van der Waals surface area contributed by atoms with Crippen LogP contribution in [0.4, 0.5) is 5.69 Å². The maximum atomic E-state index is 12.8. The van der Waals surface area contributed by atoms with Gasteiger partial charge in [-0.2, -0.15) is 0 Å². The molecule has 1 heterocycles. The Morgan fingerprint density at radius 2 is 1.90 bits per heavy atom. The van der Waals surface area contributed by atoms with Gasteiger partial charge in [0.2, 0.25) is 5.89 Å². The normalized spacial score (nSPS) is 10.9. The van der Waals surface area contributed by atoms with Crippen LogP contribution in [-0.4, -0.2) is 18.0 Å². The molecule has 0 saturated carbocycles. The largest absolute Gasteiger partial charge is 0.496 e. The number of nitrogens with one attached hydrogen (secondary N) is 1. The smallest absolute Gasteiger partial charge is 0.259 e. The van der Waals surface area contributed by atoms with Gasteiger partial charge < -0.3 is 14.5 Å². The molecule has 0 bridgehead atoms. The molecule has 1 aromatic heterocycles. The molecule has 0 spiro atoms. The first-order valence-electron chi connectivity index (χ1n) is 9.08. The number of amides is 1. The van der Waals surface area contributed by atoms with Crippen LogP contribution in [-0.2, 0) is 0 Å². The maximum absolute atomic E-state index is 12.8. The van der Waals surface area contributed by atoms with Crippen LogP contribution in [0.3, 0.4) is 0 Å². The van der Waals surface area contributed by atoms with E-state index >= 15 is 0 Å². The fraction of sp³-hybridized carbons (Fsp3) is 0.130.